The van der Waals surface area contributed by atoms with Crippen molar-refractivity contribution >= 4 is 17.6 Å². The molecule has 3 rings (SSSR count). The molecule has 1 unspecified atom stereocenters. The van der Waals surface area contributed by atoms with Gasteiger partial charge in [-0.15, -0.1) is 0 Å². The Kier molecular flexibility index (Phi) is 5.03. The first-order valence-electron chi connectivity index (χ1n) is 7.98. The molecular weight excluding hydrogens is 340 g/mol. The number of rotatable bonds is 2. The van der Waals surface area contributed by atoms with E-state index >= 15 is 0 Å². The Morgan fingerprint density at radius 1 is 1.24 bits per heavy atom. The Balaban J connectivity index is 1.89. The number of aromatic nitrogens is 2. The summed E-state index contributed by atoms with van der Waals surface area (Å²) in [6, 6.07) is 9.39. The number of hydrogen-bond donors (Lipinski definition) is 2. The summed E-state index contributed by atoms with van der Waals surface area (Å²) in [4.78, 5) is 19.6. The van der Waals surface area contributed by atoms with Gasteiger partial charge < -0.3 is 10.2 Å². The summed E-state index contributed by atoms with van der Waals surface area (Å²) < 4.78 is 0. The topological polar surface area (TPSA) is 83.3 Å². The van der Waals surface area contributed by atoms with Crippen LogP contribution in [0, 0.1) is 17.8 Å². The summed E-state index contributed by atoms with van der Waals surface area (Å²) in [5.41, 5.74) is -0.0885. The lowest BCUT2D eigenvalue weighted by atomic mass is 9.69. The lowest BCUT2D eigenvalue weighted by molar-refractivity contribution is -0.145. The number of aliphatic hydroxyl groups is 1. The van der Waals surface area contributed by atoms with Gasteiger partial charge in [-0.3, -0.25) is 4.79 Å². The Bertz CT molecular complexity index is 831. The van der Waals surface area contributed by atoms with Crippen LogP contribution >= 0.6 is 11.6 Å². The molecule has 1 aromatic carbocycles. The molecule has 0 amide bonds. The summed E-state index contributed by atoms with van der Waals surface area (Å²) in [5.74, 6) is 3.94. The molecule has 128 valence electrons. The molecular formula is C19H17ClN2O3. The minimum absolute atomic E-state index is 0.178. The van der Waals surface area contributed by atoms with Crippen LogP contribution in [0.25, 0.3) is 0 Å². The van der Waals surface area contributed by atoms with E-state index in [9.17, 15) is 15.0 Å². The molecule has 0 radical (unpaired) electrons. The van der Waals surface area contributed by atoms with Gasteiger partial charge in [0, 0.05) is 18.3 Å². The summed E-state index contributed by atoms with van der Waals surface area (Å²) in [6.45, 7) is 0. The lowest BCUT2D eigenvalue weighted by Gasteiger charge is -2.37. The van der Waals surface area contributed by atoms with E-state index in [0.29, 0.717) is 12.1 Å². The zero-order valence-electron chi connectivity index (χ0n) is 13.4. The molecule has 1 saturated carbocycles. The van der Waals surface area contributed by atoms with Crippen LogP contribution in [0.15, 0.2) is 42.7 Å². The first-order valence-corrected chi connectivity index (χ1v) is 8.36. The average molecular weight is 357 g/mol. The highest BCUT2D eigenvalue weighted by Gasteiger charge is 2.42. The van der Waals surface area contributed by atoms with Crippen LogP contribution in [-0.4, -0.2) is 31.8 Å². The monoisotopic (exact) mass is 356 g/mol. The molecule has 0 bridgehead atoms. The maximum Gasteiger partial charge on any atom is 0.307 e. The van der Waals surface area contributed by atoms with Gasteiger partial charge in [0.15, 0.2) is 10.8 Å². The van der Waals surface area contributed by atoms with E-state index in [1.807, 2.05) is 30.3 Å². The Hall–Kier alpha value is -2.42. The van der Waals surface area contributed by atoms with E-state index in [2.05, 4.69) is 21.8 Å². The minimum atomic E-state index is -1.28. The van der Waals surface area contributed by atoms with Crippen LogP contribution in [0.5, 0.6) is 0 Å². The molecule has 1 fully saturated rings. The zero-order chi connectivity index (χ0) is 17.9. The lowest BCUT2D eigenvalue weighted by Crippen LogP contribution is -2.39. The van der Waals surface area contributed by atoms with Gasteiger partial charge in [-0.1, -0.05) is 47.9 Å². The van der Waals surface area contributed by atoms with Crippen LogP contribution in [0.4, 0.5) is 0 Å². The molecule has 5 nitrogen and oxygen atoms in total. The Labute approximate surface area is 150 Å². The number of hydrogen-bond acceptors (Lipinski definition) is 4. The maximum absolute atomic E-state index is 11.6. The van der Waals surface area contributed by atoms with Crippen molar-refractivity contribution < 1.29 is 15.0 Å². The third kappa shape index (κ3) is 3.98. The fourth-order valence-electron chi connectivity index (χ4n) is 3.24. The molecule has 2 N–H and O–H groups in total. The second kappa shape index (κ2) is 7.22. The van der Waals surface area contributed by atoms with Crippen molar-refractivity contribution in [1.82, 2.24) is 9.97 Å². The van der Waals surface area contributed by atoms with Gasteiger partial charge in [0.1, 0.15) is 5.60 Å². The molecule has 1 aromatic heterocycles. The van der Waals surface area contributed by atoms with E-state index in [1.54, 1.807) is 0 Å². The van der Waals surface area contributed by atoms with Crippen molar-refractivity contribution in [2.75, 3.05) is 0 Å². The number of halogens is 1. The van der Waals surface area contributed by atoms with Gasteiger partial charge in [0.25, 0.3) is 0 Å². The van der Waals surface area contributed by atoms with Crippen LogP contribution in [0.3, 0.4) is 0 Å². The number of carboxylic acid groups (broad SMARTS) is 1. The SMILES string of the molecule is O=C(O)[C@@H]1CCC(O)(C#Cc2nccnc2Cl)C[C@H]1c1ccccc1. The van der Waals surface area contributed by atoms with E-state index < -0.39 is 17.5 Å². The van der Waals surface area contributed by atoms with E-state index in [1.165, 1.54) is 12.4 Å². The molecule has 1 aliphatic carbocycles. The summed E-state index contributed by atoms with van der Waals surface area (Å²) >= 11 is 5.94. The molecule has 0 aliphatic heterocycles. The number of nitrogens with zero attached hydrogens (tertiary/aromatic N) is 2. The second-order valence-corrected chi connectivity index (χ2v) is 6.54. The van der Waals surface area contributed by atoms with Gasteiger partial charge in [-0.05, 0) is 30.7 Å². The second-order valence-electron chi connectivity index (χ2n) is 6.18. The highest BCUT2D eigenvalue weighted by molar-refractivity contribution is 6.30. The molecule has 3 atom stereocenters. The van der Waals surface area contributed by atoms with Gasteiger partial charge >= 0.3 is 5.97 Å². The molecule has 2 aromatic rings. The quantitative estimate of drug-likeness (QED) is 0.808. The largest absolute Gasteiger partial charge is 0.481 e. The fourth-order valence-corrected chi connectivity index (χ4v) is 3.40. The molecule has 0 saturated heterocycles. The van der Waals surface area contributed by atoms with Crippen molar-refractivity contribution in [3.8, 4) is 11.8 Å². The average Bonchev–Trinajstić information content (AvgIpc) is 2.61. The van der Waals surface area contributed by atoms with Gasteiger partial charge in [-0.2, -0.15) is 0 Å². The molecule has 0 spiro atoms. The summed E-state index contributed by atoms with van der Waals surface area (Å²) in [5, 5.41) is 20.6. The number of carbonyl (C=O) groups is 1. The van der Waals surface area contributed by atoms with Gasteiger partial charge in [-0.25, -0.2) is 9.97 Å². The van der Waals surface area contributed by atoms with Crippen LogP contribution in [-0.2, 0) is 4.79 Å². The van der Waals surface area contributed by atoms with Crippen LogP contribution in [0.2, 0.25) is 5.15 Å². The first kappa shape index (κ1) is 17.4. The Morgan fingerprint density at radius 2 is 1.96 bits per heavy atom. The van der Waals surface area contributed by atoms with Crippen LogP contribution < -0.4 is 0 Å². The van der Waals surface area contributed by atoms with Crippen LogP contribution in [0.1, 0.15) is 36.4 Å². The smallest absolute Gasteiger partial charge is 0.307 e. The molecule has 6 heteroatoms. The van der Waals surface area contributed by atoms with E-state index in [4.69, 9.17) is 11.6 Å². The zero-order valence-corrected chi connectivity index (χ0v) is 14.1. The summed E-state index contributed by atoms with van der Waals surface area (Å²) in [7, 11) is 0. The summed E-state index contributed by atoms with van der Waals surface area (Å²) in [6.07, 6.45) is 3.84. The highest BCUT2D eigenvalue weighted by atomic mass is 35.5. The number of aliphatic carboxylic acids is 1. The van der Waals surface area contributed by atoms with Crippen molar-refractivity contribution in [2.24, 2.45) is 5.92 Å². The molecule has 1 heterocycles. The standard InChI is InChI=1S/C19H17ClN2O3/c20-17-16(21-10-11-22-17)7-9-19(25)8-6-14(18(23)24)15(12-19)13-4-2-1-3-5-13/h1-5,10-11,14-15,25H,6,8,12H2,(H,23,24)/t14-,15+,19?/m1/s1. The third-order valence-corrected chi connectivity index (χ3v) is 4.80. The van der Waals surface area contributed by atoms with Gasteiger partial charge in [0.05, 0.1) is 5.92 Å². The fraction of sp³-hybridized carbons (Fsp3) is 0.316. The van der Waals surface area contributed by atoms with Crippen molar-refractivity contribution in [1.29, 1.82) is 0 Å². The number of benzene rings is 1. The Morgan fingerprint density at radius 3 is 2.64 bits per heavy atom. The van der Waals surface area contributed by atoms with E-state index in [-0.39, 0.29) is 23.9 Å². The molecule has 1 aliphatic rings. The van der Waals surface area contributed by atoms with Crippen molar-refractivity contribution in [3.05, 3.63) is 59.1 Å². The van der Waals surface area contributed by atoms with Crippen molar-refractivity contribution in [2.45, 2.75) is 30.8 Å². The van der Waals surface area contributed by atoms with E-state index in [0.717, 1.165) is 5.56 Å². The third-order valence-electron chi connectivity index (χ3n) is 4.52. The molecule has 25 heavy (non-hydrogen) atoms. The highest BCUT2D eigenvalue weighted by Crippen LogP contribution is 2.42. The minimum Gasteiger partial charge on any atom is -0.481 e. The van der Waals surface area contributed by atoms with Crippen molar-refractivity contribution in [3.63, 3.8) is 0 Å². The predicted octanol–water partition coefficient (Wildman–Crippen LogP) is 2.88. The normalized spacial score (nSPS) is 25.7. The van der Waals surface area contributed by atoms with Gasteiger partial charge in [0.2, 0.25) is 0 Å². The number of carboxylic acids is 1. The predicted molar refractivity (Wildman–Crippen MR) is 93.0 cm³/mol. The maximum atomic E-state index is 11.6. The first-order chi connectivity index (χ1) is 12.0.